The molecule has 0 saturated carbocycles. The van der Waals surface area contributed by atoms with Crippen LogP contribution in [-0.2, 0) is 5.54 Å². The number of benzene rings is 1. The van der Waals surface area contributed by atoms with Gasteiger partial charge in [-0.05, 0) is 32.4 Å². The third-order valence-corrected chi connectivity index (χ3v) is 3.09. The van der Waals surface area contributed by atoms with E-state index in [0.29, 0.717) is 0 Å². The summed E-state index contributed by atoms with van der Waals surface area (Å²) in [6, 6.07) is 10.7. The maximum Gasteiger partial charge on any atom is 0.0377 e. The minimum Gasteiger partial charge on any atom is -0.308 e. The van der Waals surface area contributed by atoms with Gasteiger partial charge in [0.1, 0.15) is 0 Å². The molecule has 0 spiro atoms. The summed E-state index contributed by atoms with van der Waals surface area (Å²) < 4.78 is 0. The molecule has 17 heavy (non-hydrogen) atoms. The van der Waals surface area contributed by atoms with Gasteiger partial charge in [-0.3, -0.25) is 0 Å². The fourth-order valence-electron chi connectivity index (χ4n) is 1.91. The summed E-state index contributed by atoms with van der Waals surface area (Å²) in [7, 11) is 0. The molecule has 1 N–H and O–H groups in total. The van der Waals surface area contributed by atoms with E-state index in [4.69, 9.17) is 0 Å². The van der Waals surface area contributed by atoms with Crippen LogP contribution in [0.25, 0.3) is 0 Å². The highest BCUT2D eigenvalue weighted by molar-refractivity contribution is 8.93. The lowest BCUT2D eigenvalue weighted by Crippen LogP contribution is -2.37. The van der Waals surface area contributed by atoms with Crippen LogP contribution >= 0.6 is 17.0 Å². The minimum absolute atomic E-state index is 0. The smallest absolute Gasteiger partial charge is 0.0377 e. The number of hydrogen-bond donors (Lipinski definition) is 1. The van der Waals surface area contributed by atoms with Crippen LogP contribution in [0.5, 0.6) is 0 Å². The Hall–Kier alpha value is -0.340. The average Bonchev–Trinajstić information content (AvgIpc) is 2.30. The van der Waals surface area contributed by atoms with E-state index in [1.54, 1.807) is 0 Å². The van der Waals surface area contributed by atoms with Crippen LogP contribution in [0.15, 0.2) is 30.3 Å². The second-order valence-corrected chi connectivity index (χ2v) is 4.98. The standard InChI is InChI=1S/C15H25N.BrH/c1-4-5-6-10-13-16-15(2,3)14-11-8-7-9-12-14;/h7-9,11-12,16H,4-6,10,13H2,1-3H3;1H. The SMILES string of the molecule is Br.CCCCCCNC(C)(C)c1ccccc1. The lowest BCUT2D eigenvalue weighted by Gasteiger charge is -2.27. The number of halogens is 1. The van der Waals surface area contributed by atoms with Gasteiger partial charge in [0.15, 0.2) is 0 Å². The topological polar surface area (TPSA) is 12.0 Å². The van der Waals surface area contributed by atoms with Gasteiger partial charge in [0, 0.05) is 5.54 Å². The summed E-state index contributed by atoms with van der Waals surface area (Å²) in [4.78, 5) is 0. The Morgan fingerprint density at radius 1 is 1.00 bits per heavy atom. The third-order valence-electron chi connectivity index (χ3n) is 3.09. The van der Waals surface area contributed by atoms with Gasteiger partial charge in [0.2, 0.25) is 0 Å². The molecule has 0 heterocycles. The molecule has 0 aliphatic rings. The first-order valence-corrected chi connectivity index (χ1v) is 6.47. The highest BCUT2D eigenvalue weighted by Crippen LogP contribution is 2.19. The molecule has 0 aliphatic heterocycles. The van der Waals surface area contributed by atoms with Crippen molar-refractivity contribution in [3.8, 4) is 0 Å². The van der Waals surface area contributed by atoms with E-state index >= 15 is 0 Å². The molecule has 1 rings (SSSR count). The van der Waals surface area contributed by atoms with Gasteiger partial charge in [-0.2, -0.15) is 0 Å². The maximum absolute atomic E-state index is 3.63. The Labute approximate surface area is 117 Å². The zero-order valence-electron chi connectivity index (χ0n) is 11.3. The lowest BCUT2D eigenvalue weighted by atomic mass is 9.94. The molecule has 0 unspecified atom stereocenters. The van der Waals surface area contributed by atoms with Gasteiger partial charge in [0.25, 0.3) is 0 Å². The van der Waals surface area contributed by atoms with E-state index in [2.05, 4.69) is 56.4 Å². The van der Waals surface area contributed by atoms with Crippen molar-refractivity contribution in [1.29, 1.82) is 0 Å². The van der Waals surface area contributed by atoms with Gasteiger partial charge in [0.05, 0.1) is 0 Å². The van der Waals surface area contributed by atoms with E-state index in [1.807, 2.05) is 0 Å². The van der Waals surface area contributed by atoms with E-state index in [9.17, 15) is 0 Å². The lowest BCUT2D eigenvalue weighted by molar-refractivity contribution is 0.395. The van der Waals surface area contributed by atoms with Crippen molar-refractivity contribution in [2.24, 2.45) is 0 Å². The highest BCUT2D eigenvalue weighted by atomic mass is 79.9. The summed E-state index contributed by atoms with van der Waals surface area (Å²) in [6.07, 6.45) is 5.29. The molecule has 0 aromatic heterocycles. The molecular weight excluding hydrogens is 274 g/mol. The van der Waals surface area contributed by atoms with Crippen LogP contribution in [0.2, 0.25) is 0 Å². The fraction of sp³-hybridized carbons (Fsp3) is 0.600. The Balaban J connectivity index is 0.00000256. The van der Waals surface area contributed by atoms with Crippen LogP contribution in [0.1, 0.15) is 52.0 Å². The van der Waals surface area contributed by atoms with Crippen LogP contribution in [0.4, 0.5) is 0 Å². The van der Waals surface area contributed by atoms with Crippen molar-refractivity contribution < 1.29 is 0 Å². The zero-order valence-corrected chi connectivity index (χ0v) is 13.0. The second-order valence-electron chi connectivity index (χ2n) is 4.98. The average molecular weight is 300 g/mol. The molecule has 1 nitrogen and oxygen atoms in total. The molecular formula is C15H26BrN. The number of hydrogen-bond acceptors (Lipinski definition) is 1. The number of rotatable bonds is 7. The minimum atomic E-state index is 0. The van der Waals surface area contributed by atoms with E-state index in [0.717, 1.165) is 6.54 Å². The number of unbranched alkanes of at least 4 members (excludes halogenated alkanes) is 3. The van der Waals surface area contributed by atoms with Crippen LogP contribution in [0.3, 0.4) is 0 Å². The normalized spacial score (nSPS) is 11.0. The molecule has 0 amide bonds. The first-order chi connectivity index (χ1) is 7.67. The fourth-order valence-corrected chi connectivity index (χ4v) is 1.91. The predicted octanol–water partition coefficient (Wildman–Crippen LogP) is 4.67. The van der Waals surface area contributed by atoms with E-state index in [1.165, 1.54) is 31.2 Å². The maximum atomic E-state index is 3.63. The molecule has 0 bridgehead atoms. The van der Waals surface area contributed by atoms with Crippen LogP contribution < -0.4 is 5.32 Å². The van der Waals surface area contributed by atoms with Crippen molar-refractivity contribution in [2.75, 3.05) is 6.54 Å². The molecule has 0 atom stereocenters. The van der Waals surface area contributed by atoms with Gasteiger partial charge in [-0.15, -0.1) is 17.0 Å². The Kier molecular flexibility index (Phi) is 8.53. The quantitative estimate of drug-likeness (QED) is 0.722. The molecule has 0 aliphatic carbocycles. The second kappa shape index (κ2) is 8.71. The molecule has 1 aromatic rings. The van der Waals surface area contributed by atoms with Crippen molar-refractivity contribution in [1.82, 2.24) is 5.32 Å². The summed E-state index contributed by atoms with van der Waals surface area (Å²) in [5.74, 6) is 0. The third kappa shape index (κ3) is 6.23. The molecule has 0 fully saturated rings. The first-order valence-electron chi connectivity index (χ1n) is 6.47. The van der Waals surface area contributed by atoms with Crippen LogP contribution in [-0.4, -0.2) is 6.54 Å². The van der Waals surface area contributed by atoms with Crippen LogP contribution in [0, 0.1) is 0 Å². The monoisotopic (exact) mass is 299 g/mol. The van der Waals surface area contributed by atoms with E-state index in [-0.39, 0.29) is 22.5 Å². The van der Waals surface area contributed by atoms with Gasteiger partial charge in [-0.25, -0.2) is 0 Å². The molecule has 1 aromatic carbocycles. The summed E-state index contributed by atoms with van der Waals surface area (Å²) >= 11 is 0. The zero-order chi connectivity index (χ0) is 11.9. The Morgan fingerprint density at radius 3 is 2.24 bits per heavy atom. The summed E-state index contributed by atoms with van der Waals surface area (Å²) in [5, 5.41) is 3.63. The van der Waals surface area contributed by atoms with Gasteiger partial charge < -0.3 is 5.32 Å². The van der Waals surface area contributed by atoms with Crippen molar-refractivity contribution in [3.05, 3.63) is 35.9 Å². The van der Waals surface area contributed by atoms with E-state index < -0.39 is 0 Å². The number of nitrogens with one attached hydrogen (secondary N) is 1. The summed E-state index contributed by atoms with van der Waals surface area (Å²) in [5.41, 5.74) is 1.46. The van der Waals surface area contributed by atoms with Gasteiger partial charge in [-0.1, -0.05) is 56.5 Å². The van der Waals surface area contributed by atoms with Gasteiger partial charge >= 0.3 is 0 Å². The predicted molar refractivity (Wildman–Crippen MR) is 81.9 cm³/mol. The van der Waals surface area contributed by atoms with Crippen molar-refractivity contribution in [3.63, 3.8) is 0 Å². The Morgan fingerprint density at radius 2 is 1.65 bits per heavy atom. The largest absolute Gasteiger partial charge is 0.308 e. The molecule has 0 radical (unpaired) electrons. The first kappa shape index (κ1) is 16.7. The highest BCUT2D eigenvalue weighted by Gasteiger charge is 2.18. The Bertz CT molecular complexity index is 282. The summed E-state index contributed by atoms with van der Waals surface area (Å²) in [6.45, 7) is 7.87. The molecule has 2 heteroatoms. The van der Waals surface area contributed by atoms with Crippen molar-refractivity contribution >= 4 is 17.0 Å². The van der Waals surface area contributed by atoms with Crippen molar-refractivity contribution in [2.45, 2.75) is 52.0 Å². The molecule has 0 saturated heterocycles. The molecule has 98 valence electrons.